The third-order valence-electron chi connectivity index (χ3n) is 5.57. The molecule has 32 heavy (non-hydrogen) atoms. The van der Waals surface area contributed by atoms with Gasteiger partial charge in [0, 0.05) is 20.1 Å². The number of imidazole rings is 1. The maximum Gasteiger partial charge on any atom is 0.225 e. The van der Waals surface area contributed by atoms with Crippen LogP contribution in [0.15, 0.2) is 94.9 Å². The van der Waals surface area contributed by atoms with Gasteiger partial charge in [0.05, 0.1) is 4.90 Å². The van der Waals surface area contributed by atoms with Crippen LogP contribution in [-0.2, 0) is 30.0 Å². The van der Waals surface area contributed by atoms with Gasteiger partial charge in [-0.3, -0.25) is 0 Å². The van der Waals surface area contributed by atoms with Crippen LogP contribution >= 0.6 is 0 Å². The van der Waals surface area contributed by atoms with Gasteiger partial charge in [-0.1, -0.05) is 78.4 Å². The molecule has 0 N–H and O–H groups in total. The fraction of sp³-hybridized carbons (Fsp3) is 0.192. The number of benzene rings is 3. The summed E-state index contributed by atoms with van der Waals surface area (Å²) in [5.41, 5.74) is 3.19. The fourth-order valence-electron chi connectivity index (χ4n) is 3.72. The van der Waals surface area contributed by atoms with E-state index in [9.17, 15) is 8.42 Å². The Kier molecular flexibility index (Phi) is 6.15. The number of sulfone groups is 1. The van der Waals surface area contributed by atoms with E-state index in [-0.39, 0.29) is 9.92 Å². The summed E-state index contributed by atoms with van der Waals surface area (Å²) in [7, 11) is -2.01. The van der Waals surface area contributed by atoms with Gasteiger partial charge < -0.3 is 9.47 Å². The first-order valence-electron chi connectivity index (χ1n) is 10.5. The van der Waals surface area contributed by atoms with Crippen molar-refractivity contribution in [3.8, 4) is 0 Å². The van der Waals surface area contributed by atoms with Crippen molar-refractivity contribution in [3.05, 3.63) is 107 Å². The van der Waals surface area contributed by atoms with Crippen LogP contribution in [0.5, 0.6) is 0 Å². The fourth-order valence-corrected chi connectivity index (χ4v) is 5.35. The summed E-state index contributed by atoms with van der Waals surface area (Å²) in [6, 6.07) is 27.1. The molecule has 0 aliphatic carbocycles. The molecule has 4 aromatic rings. The molecule has 5 nitrogen and oxygen atoms in total. The number of anilines is 1. The highest BCUT2D eigenvalue weighted by atomic mass is 32.2. The molecule has 0 aliphatic rings. The Hall–Kier alpha value is -3.38. The lowest BCUT2D eigenvalue weighted by molar-refractivity contribution is 0.583. The quantitative estimate of drug-likeness (QED) is 0.398. The van der Waals surface area contributed by atoms with Crippen LogP contribution in [0.4, 0.5) is 5.82 Å². The summed E-state index contributed by atoms with van der Waals surface area (Å²) in [5.74, 6) is 1.12. The largest absolute Gasteiger partial charge is 0.346 e. The maximum absolute atomic E-state index is 13.7. The second kappa shape index (κ2) is 9.01. The molecule has 6 heteroatoms. The van der Waals surface area contributed by atoms with E-state index in [2.05, 4.69) is 0 Å². The molecule has 1 heterocycles. The van der Waals surface area contributed by atoms with Gasteiger partial charge in [0.15, 0.2) is 10.8 Å². The molecular formula is C26H27N3O2S. The predicted octanol–water partition coefficient (Wildman–Crippen LogP) is 5.08. The van der Waals surface area contributed by atoms with Gasteiger partial charge in [0.2, 0.25) is 9.84 Å². The highest BCUT2D eigenvalue weighted by Gasteiger charge is 2.30. The Labute approximate surface area is 189 Å². The van der Waals surface area contributed by atoms with Crippen molar-refractivity contribution in [2.45, 2.75) is 36.9 Å². The van der Waals surface area contributed by atoms with E-state index in [0.29, 0.717) is 24.7 Å². The van der Waals surface area contributed by atoms with Crippen molar-refractivity contribution in [2.24, 2.45) is 7.05 Å². The van der Waals surface area contributed by atoms with E-state index in [0.717, 1.165) is 16.7 Å². The van der Waals surface area contributed by atoms with E-state index < -0.39 is 9.84 Å². The average molecular weight is 446 g/mol. The first kappa shape index (κ1) is 21.8. The Morgan fingerprint density at radius 2 is 1.28 bits per heavy atom. The number of hydrogen-bond donors (Lipinski definition) is 0. The van der Waals surface area contributed by atoms with Gasteiger partial charge in [-0.15, -0.1) is 0 Å². The van der Waals surface area contributed by atoms with Crippen LogP contribution in [0.1, 0.15) is 22.5 Å². The summed E-state index contributed by atoms with van der Waals surface area (Å²) < 4.78 is 29.1. The summed E-state index contributed by atoms with van der Waals surface area (Å²) in [4.78, 5) is 7.03. The van der Waals surface area contributed by atoms with Crippen LogP contribution in [0, 0.1) is 13.8 Å². The molecular weight excluding hydrogens is 418 g/mol. The Morgan fingerprint density at radius 1 is 0.781 bits per heavy atom. The van der Waals surface area contributed by atoms with E-state index in [1.165, 1.54) is 0 Å². The van der Waals surface area contributed by atoms with Crippen LogP contribution in [0.2, 0.25) is 0 Å². The van der Waals surface area contributed by atoms with Crippen molar-refractivity contribution in [3.63, 3.8) is 0 Å². The van der Waals surface area contributed by atoms with Gasteiger partial charge in [0.25, 0.3) is 0 Å². The number of nitrogens with zero attached hydrogens (tertiary/aromatic N) is 3. The normalized spacial score (nSPS) is 11.5. The van der Waals surface area contributed by atoms with Crippen molar-refractivity contribution < 1.29 is 8.42 Å². The number of aryl methyl sites for hydroxylation is 2. The molecule has 0 aliphatic heterocycles. The molecule has 0 amide bonds. The summed E-state index contributed by atoms with van der Waals surface area (Å²) >= 11 is 0. The second-order valence-electron chi connectivity index (χ2n) is 7.99. The van der Waals surface area contributed by atoms with Gasteiger partial charge >= 0.3 is 0 Å². The molecule has 4 rings (SSSR count). The van der Waals surface area contributed by atoms with E-state index in [4.69, 9.17) is 4.98 Å². The molecule has 0 saturated heterocycles. The summed E-state index contributed by atoms with van der Waals surface area (Å²) in [6.07, 6.45) is 0. The van der Waals surface area contributed by atoms with Crippen LogP contribution in [-0.4, -0.2) is 18.0 Å². The van der Waals surface area contributed by atoms with Gasteiger partial charge in [-0.25, -0.2) is 13.4 Å². The van der Waals surface area contributed by atoms with Gasteiger partial charge in [-0.05, 0) is 37.1 Å². The van der Waals surface area contributed by atoms with Gasteiger partial charge in [0.1, 0.15) is 5.82 Å². The molecule has 0 unspecified atom stereocenters. The third kappa shape index (κ3) is 4.46. The molecule has 164 valence electrons. The standard InChI is InChI=1S/C26H27N3O2S/c1-20-14-16-24(17-15-20)32(30,31)26-25(27-21(2)28(26)3)29(18-22-10-6-4-7-11-22)19-23-12-8-5-9-13-23/h4-17H,18-19H2,1-3H3. The molecule has 0 bridgehead atoms. The zero-order valence-electron chi connectivity index (χ0n) is 18.6. The molecule has 3 aromatic carbocycles. The predicted molar refractivity (Wildman–Crippen MR) is 127 cm³/mol. The average Bonchev–Trinajstić information content (AvgIpc) is 3.10. The van der Waals surface area contributed by atoms with Crippen LogP contribution in [0.3, 0.4) is 0 Å². The van der Waals surface area contributed by atoms with Crippen molar-refractivity contribution in [2.75, 3.05) is 4.90 Å². The highest BCUT2D eigenvalue weighted by Crippen LogP contribution is 2.32. The lowest BCUT2D eigenvalue weighted by Gasteiger charge is -2.24. The molecule has 0 spiro atoms. The Morgan fingerprint density at radius 3 is 1.78 bits per heavy atom. The van der Waals surface area contributed by atoms with Gasteiger partial charge in [-0.2, -0.15) is 0 Å². The monoisotopic (exact) mass is 445 g/mol. The van der Waals surface area contributed by atoms with Crippen LogP contribution in [0.25, 0.3) is 0 Å². The number of aromatic nitrogens is 2. The topological polar surface area (TPSA) is 55.2 Å². The van der Waals surface area contributed by atoms with Crippen molar-refractivity contribution >= 4 is 15.7 Å². The van der Waals surface area contributed by atoms with E-state index >= 15 is 0 Å². The zero-order chi connectivity index (χ0) is 22.7. The van der Waals surface area contributed by atoms with Crippen molar-refractivity contribution in [1.82, 2.24) is 9.55 Å². The highest BCUT2D eigenvalue weighted by molar-refractivity contribution is 7.91. The van der Waals surface area contributed by atoms with Crippen molar-refractivity contribution in [1.29, 1.82) is 0 Å². The lowest BCUT2D eigenvalue weighted by atomic mass is 10.1. The minimum atomic E-state index is -3.77. The SMILES string of the molecule is Cc1ccc(S(=O)(=O)c2c(N(Cc3ccccc3)Cc3ccccc3)nc(C)n2C)cc1. The van der Waals surface area contributed by atoms with E-state index in [1.54, 1.807) is 23.7 Å². The Bertz CT molecular complexity index is 1260. The number of hydrogen-bond acceptors (Lipinski definition) is 4. The molecule has 1 aromatic heterocycles. The maximum atomic E-state index is 13.7. The molecule has 0 radical (unpaired) electrons. The third-order valence-corrected chi connectivity index (χ3v) is 7.43. The molecule has 0 atom stereocenters. The molecule has 0 saturated carbocycles. The first-order valence-corrected chi connectivity index (χ1v) is 12.0. The second-order valence-corrected chi connectivity index (χ2v) is 9.86. The molecule has 0 fully saturated rings. The summed E-state index contributed by atoms with van der Waals surface area (Å²) in [5, 5.41) is 0.214. The summed E-state index contributed by atoms with van der Waals surface area (Å²) in [6.45, 7) is 4.86. The minimum absolute atomic E-state index is 0.214. The number of rotatable bonds is 7. The first-order chi connectivity index (χ1) is 15.4. The lowest BCUT2D eigenvalue weighted by Crippen LogP contribution is -2.25. The minimum Gasteiger partial charge on any atom is -0.346 e. The van der Waals surface area contributed by atoms with Crippen LogP contribution < -0.4 is 4.90 Å². The Balaban J connectivity index is 1.84. The van der Waals surface area contributed by atoms with E-state index in [1.807, 2.05) is 91.5 Å². The zero-order valence-corrected chi connectivity index (χ0v) is 19.4. The smallest absolute Gasteiger partial charge is 0.225 e.